The van der Waals surface area contributed by atoms with Crippen LogP contribution in [-0.2, 0) is 4.79 Å². The van der Waals surface area contributed by atoms with Crippen molar-refractivity contribution in [2.75, 3.05) is 25.9 Å². The summed E-state index contributed by atoms with van der Waals surface area (Å²) >= 11 is 1.63. The number of carbonyl (C=O) groups is 1. The molecule has 1 N–H and O–H groups in total. The van der Waals surface area contributed by atoms with E-state index in [1.54, 1.807) is 11.8 Å². The molecule has 98 valence electrons. The van der Waals surface area contributed by atoms with Crippen LogP contribution in [0.1, 0.15) is 12.0 Å². The molecule has 2 rings (SSSR count). The molecular weight excluding hydrogens is 244 g/mol. The quantitative estimate of drug-likeness (QED) is 0.843. The Bertz CT molecular complexity index is 416. The second-order valence-corrected chi connectivity index (χ2v) is 5.72. The number of benzene rings is 1. The fourth-order valence-electron chi connectivity index (χ4n) is 2.13. The van der Waals surface area contributed by atoms with E-state index in [-0.39, 0.29) is 5.91 Å². The van der Waals surface area contributed by atoms with Crippen LogP contribution in [0, 0.1) is 6.92 Å². The Balaban J connectivity index is 1.86. The number of aryl methyl sites for hydroxylation is 1. The Morgan fingerprint density at radius 3 is 2.94 bits per heavy atom. The number of thioether (sulfide) groups is 1. The highest BCUT2D eigenvalue weighted by atomic mass is 32.2. The van der Waals surface area contributed by atoms with Crippen LogP contribution in [0.15, 0.2) is 29.2 Å². The Hall–Kier alpha value is -1.00. The molecule has 1 heterocycles. The lowest BCUT2D eigenvalue weighted by Gasteiger charge is -2.23. The molecule has 3 nitrogen and oxygen atoms in total. The number of nitrogens with one attached hydrogen (secondary N) is 1. The third-order valence-corrected chi connectivity index (χ3v) is 4.58. The SMILES string of the molecule is Cc1ccccc1SCC(=O)N(C)C1CCNC1. The van der Waals surface area contributed by atoms with E-state index in [1.807, 2.05) is 24.1 Å². The molecule has 18 heavy (non-hydrogen) atoms. The average Bonchev–Trinajstić information content (AvgIpc) is 2.90. The number of carbonyl (C=O) groups excluding carboxylic acids is 1. The fourth-order valence-corrected chi connectivity index (χ4v) is 3.09. The van der Waals surface area contributed by atoms with Gasteiger partial charge in [0.1, 0.15) is 0 Å². The standard InChI is InChI=1S/C14H20N2OS/c1-11-5-3-4-6-13(11)18-10-14(17)16(2)12-7-8-15-9-12/h3-6,12,15H,7-10H2,1-2H3. The lowest BCUT2D eigenvalue weighted by molar-refractivity contribution is -0.128. The summed E-state index contributed by atoms with van der Waals surface area (Å²) in [5.41, 5.74) is 1.24. The number of rotatable bonds is 4. The van der Waals surface area contributed by atoms with Crippen LogP contribution in [0.3, 0.4) is 0 Å². The van der Waals surface area contributed by atoms with Gasteiger partial charge in [0.2, 0.25) is 5.91 Å². The van der Waals surface area contributed by atoms with Gasteiger partial charge in [0.25, 0.3) is 0 Å². The van der Waals surface area contributed by atoms with Gasteiger partial charge in [-0.2, -0.15) is 0 Å². The summed E-state index contributed by atoms with van der Waals surface area (Å²) in [7, 11) is 1.92. The first-order valence-corrected chi connectivity index (χ1v) is 7.32. The molecule has 0 aromatic heterocycles. The van der Waals surface area contributed by atoms with E-state index in [0.717, 1.165) is 19.5 Å². The van der Waals surface area contributed by atoms with Crippen molar-refractivity contribution in [3.63, 3.8) is 0 Å². The van der Waals surface area contributed by atoms with Crippen LogP contribution < -0.4 is 5.32 Å². The number of amides is 1. The highest BCUT2D eigenvalue weighted by Crippen LogP contribution is 2.22. The monoisotopic (exact) mass is 264 g/mol. The third-order valence-electron chi connectivity index (χ3n) is 3.42. The van der Waals surface area contributed by atoms with Crippen molar-refractivity contribution >= 4 is 17.7 Å². The van der Waals surface area contributed by atoms with Gasteiger partial charge >= 0.3 is 0 Å². The highest BCUT2D eigenvalue weighted by Gasteiger charge is 2.22. The molecular formula is C14H20N2OS. The van der Waals surface area contributed by atoms with Crippen molar-refractivity contribution in [2.24, 2.45) is 0 Å². The fraction of sp³-hybridized carbons (Fsp3) is 0.500. The molecule has 0 bridgehead atoms. The van der Waals surface area contributed by atoms with Crippen molar-refractivity contribution in [3.05, 3.63) is 29.8 Å². The maximum absolute atomic E-state index is 12.1. The summed E-state index contributed by atoms with van der Waals surface area (Å²) in [6.45, 7) is 4.03. The first-order valence-electron chi connectivity index (χ1n) is 6.33. The van der Waals surface area contributed by atoms with E-state index in [1.165, 1.54) is 10.5 Å². The first kappa shape index (κ1) is 13.4. The van der Waals surface area contributed by atoms with Gasteiger partial charge in [0.15, 0.2) is 0 Å². The molecule has 1 atom stereocenters. The smallest absolute Gasteiger partial charge is 0.232 e. The molecule has 1 aliphatic heterocycles. The largest absolute Gasteiger partial charge is 0.341 e. The summed E-state index contributed by atoms with van der Waals surface area (Å²) < 4.78 is 0. The van der Waals surface area contributed by atoms with Gasteiger partial charge in [0, 0.05) is 24.5 Å². The van der Waals surface area contributed by atoms with Gasteiger partial charge in [-0.1, -0.05) is 18.2 Å². The topological polar surface area (TPSA) is 32.3 Å². The molecule has 1 amide bonds. The van der Waals surface area contributed by atoms with Gasteiger partial charge in [-0.25, -0.2) is 0 Å². The summed E-state index contributed by atoms with van der Waals surface area (Å²) in [5, 5.41) is 3.29. The molecule has 0 aliphatic carbocycles. The third kappa shape index (κ3) is 3.27. The zero-order chi connectivity index (χ0) is 13.0. The van der Waals surface area contributed by atoms with Gasteiger partial charge in [-0.15, -0.1) is 11.8 Å². The molecule has 4 heteroatoms. The van der Waals surface area contributed by atoms with Crippen LogP contribution in [0.4, 0.5) is 0 Å². The first-order chi connectivity index (χ1) is 8.68. The van der Waals surface area contributed by atoms with E-state index in [0.29, 0.717) is 11.8 Å². The number of likely N-dealkylation sites (N-methyl/N-ethyl adjacent to an activating group) is 1. The maximum Gasteiger partial charge on any atom is 0.232 e. The molecule has 1 unspecified atom stereocenters. The zero-order valence-corrected chi connectivity index (χ0v) is 11.8. The Morgan fingerprint density at radius 2 is 2.28 bits per heavy atom. The van der Waals surface area contributed by atoms with Gasteiger partial charge in [-0.3, -0.25) is 4.79 Å². The molecule has 1 aliphatic rings. The van der Waals surface area contributed by atoms with Gasteiger partial charge < -0.3 is 10.2 Å². The van der Waals surface area contributed by atoms with E-state index in [4.69, 9.17) is 0 Å². The van der Waals surface area contributed by atoms with Gasteiger partial charge in [-0.05, 0) is 31.5 Å². The molecule has 0 radical (unpaired) electrons. The van der Waals surface area contributed by atoms with E-state index in [2.05, 4.69) is 24.4 Å². The number of nitrogens with zero attached hydrogens (tertiary/aromatic N) is 1. The zero-order valence-electron chi connectivity index (χ0n) is 11.0. The number of hydrogen-bond donors (Lipinski definition) is 1. The Kier molecular flexibility index (Phi) is 4.66. The van der Waals surface area contributed by atoms with E-state index in [9.17, 15) is 4.79 Å². The van der Waals surface area contributed by atoms with Crippen LogP contribution in [-0.4, -0.2) is 42.7 Å². The van der Waals surface area contributed by atoms with Crippen molar-refractivity contribution in [1.29, 1.82) is 0 Å². The molecule has 0 spiro atoms. The minimum atomic E-state index is 0.219. The second-order valence-electron chi connectivity index (χ2n) is 4.71. The molecule has 0 saturated carbocycles. The summed E-state index contributed by atoms with van der Waals surface area (Å²) in [4.78, 5) is 15.2. The highest BCUT2D eigenvalue weighted by molar-refractivity contribution is 8.00. The lowest BCUT2D eigenvalue weighted by Crippen LogP contribution is -2.39. The average molecular weight is 264 g/mol. The predicted molar refractivity (Wildman–Crippen MR) is 75.9 cm³/mol. The molecule has 1 saturated heterocycles. The number of hydrogen-bond acceptors (Lipinski definition) is 3. The molecule has 1 fully saturated rings. The Morgan fingerprint density at radius 1 is 1.50 bits per heavy atom. The maximum atomic E-state index is 12.1. The summed E-state index contributed by atoms with van der Waals surface area (Å²) in [5.74, 6) is 0.745. The molecule has 1 aromatic rings. The van der Waals surface area contributed by atoms with Crippen molar-refractivity contribution < 1.29 is 4.79 Å². The molecule has 1 aromatic carbocycles. The summed E-state index contributed by atoms with van der Waals surface area (Å²) in [6.07, 6.45) is 1.07. The van der Waals surface area contributed by atoms with Gasteiger partial charge in [0.05, 0.1) is 5.75 Å². The minimum Gasteiger partial charge on any atom is -0.341 e. The minimum absolute atomic E-state index is 0.219. The van der Waals surface area contributed by atoms with Crippen LogP contribution in [0.2, 0.25) is 0 Å². The Labute approximate surface area is 113 Å². The summed E-state index contributed by atoms with van der Waals surface area (Å²) in [6, 6.07) is 8.57. The van der Waals surface area contributed by atoms with E-state index < -0.39 is 0 Å². The van der Waals surface area contributed by atoms with E-state index >= 15 is 0 Å². The van der Waals surface area contributed by atoms with Crippen LogP contribution in [0.25, 0.3) is 0 Å². The second kappa shape index (κ2) is 6.25. The van der Waals surface area contributed by atoms with Crippen LogP contribution >= 0.6 is 11.8 Å². The van der Waals surface area contributed by atoms with Crippen molar-refractivity contribution in [2.45, 2.75) is 24.3 Å². The lowest BCUT2D eigenvalue weighted by atomic mass is 10.2. The predicted octanol–water partition coefficient (Wildman–Crippen LogP) is 1.91. The van der Waals surface area contributed by atoms with Crippen molar-refractivity contribution in [3.8, 4) is 0 Å². The van der Waals surface area contributed by atoms with Crippen molar-refractivity contribution in [1.82, 2.24) is 10.2 Å². The normalized spacial score (nSPS) is 18.9. The van der Waals surface area contributed by atoms with Crippen LogP contribution in [0.5, 0.6) is 0 Å².